The summed E-state index contributed by atoms with van der Waals surface area (Å²) in [6, 6.07) is 62.2. The molecule has 0 amide bonds. The van der Waals surface area contributed by atoms with E-state index in [9.17, 15) is 0 Å². The molecule has 0 saturated heterocycles. The molecular formula is C44H28S. The highest BCUT2D eigenvalue weighted by Gasteiger charge is 2.11. The van der Waals surface area contributed by atoms with Gasteiger partial charge in [-0.2, -0.15) is 0 Å². The number of fused-ring (bicyclic) bond motifs is 5. The Morgan fingerprint density at radius 1 is 0.267 bits per heavy atom. The Bertz CT molecular complexity index is 2460. The topological polar surface area (TPSA) is 0 Å². The Hall–Kier alpha value is -5.50. The van der Waals surface area contributed by atoms with Gasteiger partial charge in [-0.25, -0.2) is 0 Å². The first-order valence-corrected chi connectivity index (χ1v) is 16.2. The van der Waals surface area contributed by atoms with Crippen molar-refractivity contribution in [3.63, 3.8) is 0 Å². The first kappa shape index (κ1) is 25.9. The summed E-state index contributed by atoms with van der Waals surface area (Å²) in [5.41, 5.74) is 7.54. The van der Waals surface area contributed by atoms with E-state index in [0.717, 1.165) is 0 Å². The monoisotopic (exact) mass is 588 g/mol. The van der Waals surface area contributed by atoms with Crippen LogP contribution in [-0.4, -0.2) is 0 Å². The van der Waals surface area contributed by atoms with Crippen LogP contribution < -0.4 is 0 Å². The summed E-state index contributed by atoms with van der Waals surface area (Å²) in [4.78, 5) is 2.57. The van der Waals surface area contributed by atoms with Gasteiger partial charge in [0.05, 0.1) is 0 Å². The molecule has 45 heavy (non-hydrogen) atoms. The van der Waals surface area contributed by atoms with E-state index in [4.69, 9.17) is 0 Å². The van der Waals surface area contributed by atoms with Gasteiger partial charge in [0, 0.05) is 9.75 Å². The third-order valence-electron chi connectivity index (χ3n) is 9.08. The van der Waals surface area contributed by atoms with Gasteiger partial charge in [-0.1, -0.05) is 146 Å². The van der Waals surface area contributed by atoms with Gasteiger partial charge >= 0.3 is 0 Å². The van der Waals surface area contributed by atoms with Gasteiger partial charge in [-0.15, -0.1) is 11.3 Å². The smallest absolute Gasteiger partial charge is 0.0349 e. The molecule has 1 aromatic heterocycles. The van der Waals surface area contributed by atoms with E-state index in [0.29, 0.717) is 0 Å². The molecule has 0 nitrogen and oxygen atoms in total. The molecule has 1 heteroatoms. The first-order chi connectivity index (χ1) is 22.3. The van der Waals surface area contributed by atoms with Crippen LogP contribution in [0.1, 0.15) is 0 Å². The van der Waals surface area contributed by atoms with Crippen LogP contribution in [0.15, 0.2) is 170 Å². The minimum Gasteiger partial charge on any atom is -0.135 e. The van der Waals surface area contributed by atoms with E-state index in [1.807, 2.05) is 11.3 Å². The molecule has 0 aliphatic rings. The maximum atomic E-state index is 2.31. The van der Waals surface area contributed by atoms with Crippen molar-refractivity contribution in [1.82, 2.24) is 0 Å². The normalized spacial score (nSPS) is 11.6. The molecule has 1 heterocycles. The molecule has 9 aromatic rings. The average Bonchev–Trinajstić information content (AvgIpc) is 3.61. The van der Waals surface area contributed by atoms with Crippen LogP contribution in [0.5, 0.6) is 0 Å². The Morgan fingerprint density at radius 2 is 0.711 bits per heavy atom. The van der Waals surface area contributed by atoms with Crippen molar-refractivity contribution in [3.8, 4) is 43.1 Å². The molecular weight excluding hydrogens is 561 g/mol. The molecule has 0 bridgehead atoms. The lowest BCUT2D eigenvalue weighted by Gasteiger charge is -2.12. The fourth-order valence-electron chi connectivity index (χ4n) is 6.79. The van der Waals surface area contributed by atoms with Crippen molar-refractivity contribution < 1.29 is 0 Å². The van der Waals surface area contributed by atoms with Crippen molar-refractivity contribution in [1.29, 1.82) is 0 Å². The number of rotatable bonds is 4. The van der Waals surface area contributed by atoms with Crippen LogP contribution in [-0.2, 0) is 0 Å². The second-order valence-electron chi connectivity index (χ2n) is 11.7. The van der Waals surface area contributed by atoms with Gasteiger partial charge in [0.2, 0.25) is 0 Å². The maximum Gasteiger partial charge on any atom is 0.0349 e. The summed E-state index contributed by atoms with van der Waals surface area (Å²) < 4.78 is 0. The standard InChI is InChI=1S/C44H28S/c1-4-10-38-30(7-1)15-22-37-27-34(23-24-39(37)38)29-13-16-31(17-14-29)42-25-26-43(45-42)32-18-20-33(21-19-32)44-40-11-5-2-8-35(40)28-36-9-3-6-12-41(36)44/h1-28H. The second-order valence-corrected chi connectivity index (χ2v) is 12.8. The largest absolute Gasteiger partial charge is 0.135 e. The van der Waals surface area contributed by atoms with Gasteiger partial charge < -0.3 is 0 Å². The van der Waals surface area contributed by atoms with Crippen molar-refractivity contribution in [2.24, 2.45) is 0 Å². The molecule has 0 fully saturated rings. The lowest BCUT2D eigenvalue weighted by atomic mass is 9.91. The molecule has 0 atom stereocenters. The molecule has 210 valence electrons. The maximum absolute atomic E-state index is 2.31. The molecule has 0 unspecified atom stereocenters. The van der Waals surface area contributed by atoms with Crippen molar-refractivity contribution in [3.05, 3.63) is 170 Å². The molecule has 0 N–H and O–H groups in total. The highest BCUT2D eigenvalue weighted by molar-refractivity contribution is 7.18. The molecule has 0 aliphatic heterocycles. The zero-order chi connectivity index (χ0) is 29.7. The number of hydrogen-bond donors (Lipinski definition) is 0. The Balaban J connectivity index is 1.00. The third kappa shape index (κ3) is 4.52. The average molecular weight is 589 g/mol. The zero-order valence-electron chi connectivity index (χ0n) is 24.6. The molecule has 0 radical (unpaired) electrons. The Labute approximate surface area is 266 Å². The molecule has 8 aromatic carbocycles. The fourth-order valence-corrected chi connectivity index (χ4v) is 7.81. The Kier molecular flexibility index (Phi) is 6.11. The summed E-state index contributed by atoms with van der Waals surface area (Å²) in [5, 5.41) is 10.3. The van der Waals surface area contributed by atoms with E-state index < -0.39 is 0 Å². The molecule has 0 aliphatic carbocycles. The third-order valence-corrected chi connectivity index (χ3v) is 10.3. The predicted octanol–water partition coefficient (Wildman–Crippen LogP) is 13.0. The minimum atomic E-state index is 1.24. The van der Waals surface area contributed by atoms with Gasteiger partial charge in [0.15, 0.2) is 0 Å². The summed E-state index contributed by atoms with van der Waals surface area (Å²) in [6.45, 7) is 0. The van der Waals surface area contributed by atoms with Gasteiger partial charge in [-0.3, -0.25) is 0 Å². The summed E-state index contributed by atoms with van der Waals surface area (Å²) in [6.07, 6.45) is 0. The van der Waals surface area contributed by atoms with E-state index in [-0.39, 0.29) is 0 Å². The van der Waals surface area contributed by atoms with Gasteiger partial charge in [0.1, 0.15) is 0 Å². The first-order valence-electron chi connectivity index (χ1n) is 15.4. The number of hydrogen-bond acceptors (Lipinski definition) is 1. The number of thiophene rings is 1. The molecule has 9 rings (SSSR count). The molecule has 0 spiro atoms. The minimum absolute atomic E-state index is 1.24. The quantitative estimate of drug-likeness (QED) is 0.142. The van der Waals surface area contributed by atoms with Gasteiger partial charge in [0.25, 0.3) is 0 Å². The lowest BCUT2D eigenvalue weighted by Crippen LogP contribution is -1.85. The predicted molar refractivity (Wildman–Crippen MR) is 196 cm³/mol. The van der Waals surface area contributed by atoms with E-state index in [1.54, 1.807) is 0 Å². The van der Waals surface area contributed by atoms with Crippen molar-refractivity contribution in [2.45, 2.75) is 0 Å². The van der Waals surface area contributed by atoms with Crippen molar-refractivity contribution in [2.75, 3.05) is 0 Å². The zero-order valence-corrected chi connectivity index (χ0v) is 25.4. The van der Waals surface area contributed by atoms with Crippen LogP contribution in [0.25, 0.3) is 86.2 Å². The van der Waals surface area contributed by atoms with Crippen LogP contribution in [0, 0.1) is 0 Å². The van der Waals surface area contributed by atoms with E-state index in [1.165, 1.54) is 86.2 Å². The molecule has 0 saturated carbocycles. The van der Waals surface area contributed by atoms with E-state index >= 15 is 0 Å². The summed E-state index contributed by atoms with van der Waals surface area (Å²) in [7, 11) is 0. The highest BCUT2D eigenvalue weighted by Crippen LogP contribution is 2.39. The number of benzene rings is 8. The van der Waals surface area contributed by atoms with Crippen LogP contribution in [0.2, 0.25) is 0 Å². The van der Waals surface area contributed by atoms with Gasteiger partial charge in [-0.05, 0) is 101 Å². The van der Waals surface area contributed by atoms with Crippen LogP contribution >= 0.6 is 11.3 Å². The van der Waals surface area contributed by atoms with Crippen LogP contribution in [0.4, 0.5) is 0 Å². The summed E-state index contributed by atoms with van der Waals surface area (Å²) >= 11 is 1.85. The summed E-state index contributed by atoms with van der Waals surface area (Å²) in [5.74, 6) is 0. The highest BCUT2D eigenvalue weighted by atomic mass is 32.1. The fraction of sp³-hybridized carbons (Fsp3) is 0. The second kappa shape index (κ2) is 10.6. The van der Waals surface area contributed by atoms with E-state index in [2.05, 4.69) is 170 Å². The Morgan fingerprint density at radius 3 is 1.36 bits per heavy atom. The lowest BCUT2D eigenvalue weighted by molar-refractivity contribution is 1.64. The van der Waals surface area contributed by atoms with Crippen molar-refractivity contribution >= 4 is 54.4 Å². The van der Waals surface area contributed by atoms with Crippen LogP contribution in [0.3, 0.4) is 0 Å². The SMILES string of the molecule is c1ccc2c(-c3ccc(-c4ccc(-c5ccc(-c6ccc7c(ccc8ccccc87)c6)cc5)s4)cc3)c3ccccc3cc2c1.